The van der Waals surface area contributed by atoms with Gasteiger partial charge in [-0.1, -0.05) is 112 Å². The Bertz CT molecular complexity index is 4360. The fourth-order valence-electron chi connectivity index (χ4n) is 9.69. The molecule has 14 heterocycles. The number of imidazole rings is 2. The van der Waals surface area contributed by atoms with Crippen molar-refractivity contribution in [2.45, 2.75) is 354 Å². The standard InChI is InChI=1S/C8H14N2.2C7H13N3.3C7H12N2.C7H11NO.C7H11N.C6H11N3.C6H10N2O.C6H10N2S.2C6H10N2.C5H9N3.2CH4/c1-4-10-6-8(5-9-10)7(2)3;1-5(2)10-4-7(8)6(3)9-10;1-5(2)10-6(3)7(8)4-9-10;1-6(2)7-4-8-9(3)5-7;1-6(2)9-4-7(3)8-5-9;1-5(2)7-4-8-9-6(7)3;1-5(2)7-8-4-6(3)9-7;1-6(2)7-3-4-8-5-7;1-5(2)9-4-6(7)3-8-9;2*1-4(2)6-8-7-5(3)9-6;1-6(2)8-4-3-7-5-8;1-6(2)8-5-3-4-7-8;1-5(2)8-6-3-4-7-8;;/h5-7H,4H2,1-3H3;2*4-5H,8H2,1-3H3;2*4-6H,1-3H3;4-5H,1-3H3,(H,8,9);4-5H,1-3H3;3-6,8H,1-2H3;3-5H,7H2,1-2H3;2*4H,1-3H3;2*3-6H,1-2H3;3-5H,1-2H3;2*1H4. The lowest BCUT2D eigenvalue weighted by atomic mass is 10.1. The lowest BCUT2D eigenvalue weighted by Gasteiger charge is -2.06. The van der Waals surface area contributed by atoms with E-state index in [2.05, 4.69) is 286 Å². The molecule has 32 nitrogen and oxygen atoms in total. The monoisotopic (exact) mass is 1780 g/mol. The van der Waals surface area contributed by atoms with Crippen molar-refractivity contribution < 1.29 is 8.83 Å². The van der Waals surface area contributed by atoms with Crippen LogP contribution in [0.15, 0.2) is 151 Å². The summed E-state index contributed by atoms with van der Waals surface area (Å²) in [4.78, 5) is 16.7. The molecule has 0 bridgehead atoms. The number of aromatic amines is 2. The fourth-order valence-corrected chi connectivity index (χ4v) is 10.4. The van der Waals surface area contributed by atoms with Crippen LogP contribution in [-0.4, -0.2) is 133 Å². The molecule has 0 atom stereocenters. The topological polar surface area (TPSA) is 387 Å². The highest BCUT2D eigenvalue weighted by Gasteiger charge is 2.10. The molecule has 14 rings (SSSR count). The number of nitrogens with zero attached hydrogens (tertiary/aromatic N) is 25. The van der Waals surface area contributed by atoms with Crippen LogP contribution in [0, 0.1) is 48.5 Å². The number of nitrogen functional groups attached to an aromatic ring is 3. The molecule has 0 radical (unpaired) electrons. The van der Waals surface area contributed by atoms with Crippen molar-refractivity contribution >= 4 is 28.4 Å². The number of hydrogen-bond acceptors (Lipinski definition) is 22. The number of oxazole rings is 1. The zero-order chi connectivity index (χ0) is 94.9. The Hall–Kier alpha value is -11.4. The van der Waals surface area contributed by atoms with Gasteiger partial charge in [-0.15, -0.1) is 31.7 Å². The van der Waals surface area contributed by atoms with Gasteiger partial charge in [-0.2, -0.15) is 50.7 Å². The summed E-state index contributed by atoms with van der Waals surface area (Å²) in [6.07, 6.45) is 39.2. The Morgan fingerprint density at radius 2 is 1.05 bits per heavy atom. The zero-order valence-corrected chi connectivity index (χ0v) is 83.5. The van der Waals surface area contributed by atoms with E-state index in [9.17, 15) is 0 Å². The van der Waals surface area contributed by atoms with Gasteiger partial charge in [0.1, 0.15) is 15.8 Å². The maximum absolute atomic E-state index is 5.60. The molecule has 33 heteroatoms. The van der Waals surface area contributed by atoms with E-state index in [1.165, 1.54) is 27.9 Å². The molecule has 0 unspecified atom stereocenters. The molecule has 0 saturated carbocycles. The smallest absolute Gasteiger partial charge is 0.219 e. The molecular weight excluding hydrogens is 1610 g/mol. The Balaban J connectivity index is 0. The van der Waals surface area contributed by atoms with Gasteiger partial charge < -0.3 is 40.2 Å². The molecule has 0 aliphatic carbocycles. The molecule has 14 aromatic heterocycles. The van der Waals surface area contributed by atoms with Gasteiger partial charge >= 0.3 is 0 Å². The van der Waals surface area contributed by atoms with Crippen LogP contribution >= 0.6 is 11.3 Å². The second kappa shape index (κ2) is 62.7. The summed E-state index contributed by atoms with van der Waals surface area (Å²) in [5, 5.41) is 56.8. The van der Waals surface area contributed by atoms with Crippen molar-refractivity contribution in [3.8, 4) is 0 Å². The fraction of sp³-hybridized carbons (Fsp3) is 0.574. The van der Waals surface area contributed by atoms with E-state index in [0.717, 1.165) is 62.4 Å². The van der Waals surface area contributed by atoms with Crippen LogP contribution in [-0.2, 0) is 13.6 Å². The maximum Gasteiger partial charge on any atom is 0.219 e. The molecule has 0 spiro atoms. The minimum atomic E-state index is 0. The molecule has 0 amide bonds. The quantitative estimate of drug-likeness (QED) is 0.0636. The molecule has 14 aromatic rings. The van der Waals surface area contributed by atoms with Gasteiger partial charge in [0, 0.05) is 148 Å². The van der Waals surface area contributed by atoms with Gasteiger partial charge in [0.15, 0.2) is 5.89 Å². The van der Waals surface area contributed by atoms with Crippen molar-refractivity contribution in [2.24, 2.45) is 7.05 Å². The summed E-state index contributed by atoms with van der Waals surface area (Å²) in [5.41, 5.74) is 28.4. The van der Waals surface area contributed by atoms with Gasteiger partial charge in [-0.05, 0) is 203 Å². The second-order valence-electron chi connectivity index (χ2n) is 33.9. The highest BCUT2D eigenvalue weighted by atomic mass is 32.1. The van der Waals surface area contributed by atoms with E-state index in [1.807, 2.05) is 191 Å². The van der Waals surface area contributed by atoms with E-state index in [-0.39, 0.29) is 14.9 Å². The van der Waals surface area contributed by atoms with Gasteiger partial charge in [-0.3, -0.25) is 33.2 Å². The summed E-state index contributed by atoms with van der Waals surface area (Å²) >= 11 is 1.67. The van der Waals surface area contributed by atoms with E-state index < -0.39 is 0 Å². The molecular formula is C94H166N30O2S. The largest absolute Gasteiger partial charge is 0.446 e. The average molecular weight is 1780 g/mol. The number of hydrogen-bond donors (Lipinski definition) is 5. The number of nitrogens with two attached hydrogens (primary N) is 3. The van der Waals surface area contributed by atoms with Gasteiger partial charge in [0.25, 0.3) is 0 Å². The number of H-pyrrole nitrogens is 2. The number of nitrogens with one attached hydrogen (secondary N) is 2. The third-order valence-electron chi connectivity index (χ3n) is 17.6. The number of aromatic nitrogens is 27. The molecule has 0 aliphatic rings. The molecule has 0 fully saturated rings. The van der Waals surface area contributed by atoms with Crippen LogP contribution in [0.4, 0.5) is 17.1 Å². The third-order valence-corrected chi connectivity index (χ3v) is 18.8. The lowest BCUT2D eigenvalue weighted by molar-refractivity contribution is 0.447. The molecule has 127 heavy (non-hydrogen) atoms. The van der Waals surface area contributed by atoms with E-state index in [1.54, 1.807) is 66.4 Å². The molecule has 710 valence electrons. The van der Waals surface area contributed by atoms with Crippen LogP contribution in [0.2, 0.25) is 0 Å². The molecule has 0 aromatic carbocycles. The van der Waals surface area contributed by atoms with Gasteiger partial charge in [0.2, 0.25) is 11.8 Å². The maximum atomic E-state index is 5.60. The summed E-state index contributed by atoms with van der Waals surface area (Å²) in [6.45, 7) is 75.7. The predicted molar refractivity (Wildman–Crippen MR) is 526 cm³/mol. The minimum Gasteiger partial charge on any atom is -0.446 e. The first-order chi connectivity index (χ1) is 58.6. The predicted octanol–water partition coefficient (Wildman–Crippen LogP) is 23.7. The summed E-state index contributed by atoms with van der Waals surface area (Å²) in [7, 11) is 1.94. The highest BCUT2D eigenvalue weighted by molar-refractivity contribution is 7.11. The Labute approximate surface area is 766 Å². The summed E-state index contributed by atoms with van der Waals surface area (Å²) in [5.74, 6) is 6.77. The number of rotatable bonds is 15. The van der Waals surface area contributed by atoms with Crippen molar-refractivity contribution in [3.05, 3.63) is 221 Å². The SMILES string of the molecule is C.C.CC(C)c1cc[nH]c1.CC(C)c1cnn(C)c1.CC(C)n1cc(N)cn1.CC(C)n1cccn1.CC(C)n1ccnc1.CC(C)n1nccn1.CCn1cc(C(C)C)cn1.Cc1[nH]ncc1C(C)C.Cc1c(N)cnn1C(C)C.Cc1cn(C(C)C)cn1.Cc1cnc(C(C)C)o1.Cc1nn(C(C)C)cc1N.Cc1nnc(C(C)C)o1.Cc1nnc(C(C)C)s1. The van der Waals surface area contributed by atoms with Crippen molar-refractivity contribution in [3.63, 3.8) is 0 Å². The molecule has 8 N–H and O–H groups in total. The van der Waals surface area contributed by atoms with E-state index in [0.29, 0.717) is 95.5 Å². The van der Waals surface area contributed by atoms with Crippen LogP contribution < -0.4 is 17.2 Å². The van der Waals surface area contributed by atoms with Crippen molar-refractivity contribution in [1.29, 1.82) is 0 Å². The Morgan fingerprint density at radius 1 is 0.457 bits per heavy atom. The molecule has 0 saturated heterocycles. The second-order valence-corrected chi connectivity index (χ2v) is 35.1. The van der Waals surface area contributed by atoms with Gasteiger partial charge in [-0.25, -0.2) is 15.0 Å². The average Bonchev–Trinajstić information content (AvgIpc) is 1.84. The van der Waals surface area contributed by atoms with Crippen LogP contribution in [0.1, 0.15) is 378 Å². The van der Waals surface area contributed by atoms with Crippen LogP contribution in [0.3, 0.4) is 0 Å². The Kier molecular flexibility index (Phi) is 58.1. The van der Waals surface area contributed by atoms with Gasteiger partial charge in [0.05, 0.1) is 102 Å². The third kappa shape index (κ3) is 48.8. The highest BCUT2D eigenvalue weighted by Crippen LogP contribution is 2.21. The zero-order valence-electron chi connectivity index (χ0n) is 82.7. The van der Waals surface area contributed by atoms with Crippen LogP contribution in [0.5, 0.6) is 0 Å². The number of aryl methyl sites for hydroxylation is 8. The minimum absolute atomic E-state index is 0. The first-order valence-corrected chi connectivity index (χ1v) is 44.3. The lowest BCUT2D eigenvalue weighted by Crippen LogP contribution is -2.04. The van der Waals surface area contributed by atoms with E-state index >= 15 is 0 Å². The number of anilines is 3. The normalized spacial score (nSPS) is 10.4. The summed E-state index contributed by atoms with van der Waals surface area (Å²) in [6, 6.07) is 7.18. The van der Waals surface area contributed by atoms with Crippen molar-refractivity contribution in [2.75, 3.05) is 17.2 Å². The van der Waals surface area contributed by atoms with Crippen LogP contribution in [0.25, 0.3) is 0 Å². The van der Waals surface area contributed by atoms with E-state index in [4.69, 9.17) is 26.0 Å². The molecule has 0 aliphatic heterocycles. The first kappa shape index (κ1) is 118. The van der Waals surface area contributed by atoms with Crippen molar-refractivity contribution in [1.82, 2.24) is 133 Å². The Morgan fingerprint density at radius 3 is 1.28 bits per heavy atom. The first-order valence-electron chi connectivity index (χ1n) is 43.5. The summed E-state index contributed by atoms with van der Waals surface area (Å²) < 4.78 is 25.8.